The van der Waals surface area contributed by atoms with Gasteiger partial charge in [-0.25, -0.2) is 9.07 Å². The average Bonchev–Trinajstić information content (AvgIpc) is 2.71. The molecule has 0 unspecified atom stereocenters. The molecule has 0 radical (unpaired) electrons. The van der Waals surface area contributed by atoms with E-state index in [2.05, 4.69) is 17.0 Å². The number of carbonyl (C=O) groups excluding carboxylic acids is 1. The minimum Gasteiger partial charge on any atom is -0.364 e. The van der Waals surface area contributed by atoms with Crippen molar-refractivity contribution in [2.45, 2.75) is 13.5 Å². The molecule has 0 fully saturated rings. The lowest BCUT2D eigenvalue weighted by molar-refractivity contribution is 0.0994. The number of halogens is 1. The van der Waals surface area contributed by atoms with Crippen LogP contribution < -0.4 is 11.1 Å². The Morgan fingerprint density at radius 1 is 1.55 bits per heavy atom. The zero-order valence-corrected chi connectivity index (χ0v) is 11.1. The van der Waals surface area contributed by atoms with E-state index in [0.29, 0.717) is 16.9 Å². The summed E-state index contributed by atoms with van der Waals surface area (Å²) in [6.07, 6.45) is 1.46. The highest BCUT2D eigenvalue weighted by Gasteiger charge is 2.18. The monoisotopic (exact) mass is 274 g/mol. The predicted octanol–water partition coefficient (Wildman–Crippen LogP) is 2.03. The second-order valence-corrected chi connectivity index (χ2v) is 4.28. The van der Waals surface area contributed by atoms with Gasteiger partial charge in [-0.1, -0.05) is 24.8 Å². The molecular formula is C14H15FN4O. The average molecular weight is 274 g/mol. The van der Waals surface area contributed by atoms with Crippen molar-refractivity contribution in [1.82, 2.24) is 9.78 Å². The maximum absolute atomic E-state index is 13.7. The molecule has 0 aliphatic carbocycles. The number of hydrogen-bond donors (Lipinski definition) is 2. The molecule has 5 nitrogen and oxygen atoms in total. The van der Waals surface area contributed by atoms with Crippen LogP contribution in [0.15, 0.2) is 37.0 Å². The first kappa shape index (κ1) is 13.8. The van der Waals surface area contributed by atoms with Gasteiger partial charge in [-0.05, 0) is 19.2 Å². The predicted molar refractivity (Wildman–Crippen MR) is 74.8 cm³/mol. The van der Waals surface area contributed by atoms with Gasteiger partial charge in [0.2, 0.25) is 0 Å². The molecule has 6 heteroatoms. The fourth-order valence-corrected chi connectivity index (χ4v) is 1.97. The van der Waals surface area contributed by atoms with Crippen LogP contribution in [-0.2, 0) is 6.54 Å². The third-order valence-electron chi connectivity index (χ3n) is 2.94. The molecule has 0 aliphatic rings. The number of nitrogens with zero attached hydrogens (tertiary/aromatic N) is 2. The van der Waals surface area contributed by atoms with Crippen molar-refractivity contribution in [3.8, 4) is 0 Å². The Kier molecular flexibility index (Phi) is 3.84. The normalized spacial score (nSPS) is 10.3. The molecule has 0 bridgehead atoms. The summed E-state index contributed by atoms with van der Waals surface area (Å²) in [4.78, 5) is 11.3. The van der Waals surface area contributed by atoms with Gasteiger partial charge in [0.25, 0.3) is 5.91 Å². The van der Waals surface area contributed by atoms with E-state index in [1.165, 1.54) is 16.9 Å². The molecule has 3 N–H and O–H groups in total. The van der Waals surface area contributed by atoms with Crippen LogP contribution in [0.5, 0.6) is 0 Å². The highest BCUT2D eigenvalue weighted by atomic mass is 19.1. The summed E-state index contributed by atoms with van der Waals surface area (Å²) in [6, 6.07) is 6.39. The van der Waals surface area contributed by atoms with Crippen molar-refractivity contribution in [2.75, 3.05) is 5.32 Å². The highest BCUT2D eigenvalue weighted by Crippen LogP contribution is 2.21. The molecule has 104 valence electrons. The molecule has 1 heterocycles. The first-order chi connectivity index (χ1) is 9.54. The Morgan fingerprint density at radius 2 is 2.25 bits per heavy atom. The molecule has 20 heavy (non-hydrogen) atoms. The van der Waals surface area contributed by atoms with E-state index in [9.17, 15) is 9.18 Å². The fraction of sp³-hybridized carbons (Fsp3) is 0.143. The summed E-state index contributed by atoms with van der Waals surface area (Å²) in [7, 11) is 0. The zero-order chi connectivity index (χ0) is 14.7. The van der Waals surface area contributed by atoms with Gasteiger partial charge < -0.3 is 11.1 Å². The first-order valence-electron chi connectivity index (χ1n) is 6.02. The van der Waals surface area contributed by atoms with Gasteiger partial charge in [0.15, 0.2) is 5.69 Å². The van der Waals surface area contributed by atoms with E-state index < -0.39 is 5.91 Å². The number of aromatic nitrogens is 2. The topological polar surface area (TPSA) is 72.9 Å². The Hall–Kier alpha value is -2.63. The number of primary amides is 1. The van der Waals surface area contributed by atoms with Crippen LogP contribution in [0, 0.1) is 12.7 Å². The van der Waals surface area contributed by atoms with Crippen LogP contribution in [0.1, 0.15) is 21.6 Å². The third kappa shape index (κ3) is 2.54. The Balaban J connectivity index is 2.45. The summed E-state index contributed by atoms with van der Waals surface area (Å²) >= 11 is 0. The van der Waals surface area contributed by atoms with Crippen LogP contribution in [0.25, 0.3) is 0 Å². The van der Waals surface area contributed by atoms with Gasteiger partial charge >= 0.3 is 0 Å². The highest BCUT2D eigenvalue weighted by molar-refractivity contribution is 5.93. The number of nitrogens with one attached hydrogen (secondary N) is 1. The molecule has 0 atom stereocenters. The summed E-state index contributed by atoms with van der Waals surface area (Å²) in [5.41, 5.74) is 6.51. The van der Waals surface area contributed by atoms with Gasteiger partial charge in [0.1, 0.15) is 11.6 Å². The van der Waals surface area contributed by atoms with Gasteiger partial charge in [-0.15, -0.1) is 0 Å². The Labute approximate surface area is 115 Å². The van der Waals surface area contributed by atoms with E-state index in [0.717, 1.165) is 0 Å². The van der Waals surface area contributed by atoms with E-state index in [4.69, 9.17) is 5.73 Å². The number of rotatable bonds is 5. The molecule has 0 saturated heterocycles. The van der Waals surface area contributed by atoms with Crippen LogP contribution in [0.4, 0.5) is 10.2 Å². The van der Waals surface area contributed by atoms with E-state index in [-0.39, 0.29) is 18.1 Å². The largest absolute Gasteiger partial charge is 0.364 e. The number of carbonyl (C=O) groups is 1. The SMILES string of the molecule is C=CNc1c(C)c(C(N)=O)nn1Cc1ccccc1F. The summed E-state index contributed by atoms with van der Waals surface area (Å²) < 4.78 is 15.2. The minimum atomic E-state index is -0.623. The standard InChI is InChI=1S/C14H15FN4O/c1-3-17-14-9(2)12(13(16)20)18-19(14)8-10-6-4-5-7-11(10)15/h3-7,17H,1,8H2,2H3,(H2,16,20). The number of anilines is 1. The number of benzene rings is 1. The number of nitrogens with two attached hydrogens (primary N) is 1. The lowest BCUT2D eigenvalue weighted by atomic mass is 10.2. The van der Waals surface area contributed by atoms with Gasteiger partial charge in [0, 0.05) is 11.1 Å². The molecule has 0 aliphatic heterocycles. The van der Waals surface area contributed by atoms with Crippen molar-refractivity contribution >= 4 is 11.7 Å². The summed E-state index contributed by atoms with van der Waals surface area (Å²) in [5.74, 6) is -0.384. The third-order valence-corrected chi connectivity index (χ3v) is 2.94. The maximum atomic E-state index is 13.7. The molecule has 1 aromatic carbocycles. The molecule has 1 aromatic heterocycles. The minimum absolute atomic E-state index is 0.158. The van der Waals surface area contributed by atoms with Gasteiger partial charge in [0.05, 0.1) is 6.54 Å². The van der Waals surface area contributed by atoms with E-state index in [1.807, 2.05) is 0 Å². The van der Waals surface area contributed by atoms with Crippen LogP contribution >= 0.6 is 0 Å². The Bertz CT molecular complexity index is 663. The fourth-order valence-electron chi connectivity index (χ4n) is 1.97. The molecule has 2 rings (SSSR count). The van der Waals surface area contributed by atoms with Crippen molar-refractivity contribution < 1.29 is 9.18 Å². The first-order valence-corrected chi connectivity index (χ1v) is 6.02. The van der Waals surface area contributed by atoms with Gasteiger partial charge in [-0.2, -0.15) is 5.10 Å². The van der Waals surface area contributed by atoms with E-state index in [1.54, 1.807) is 25.1 Å². The lowest BCUT2D eigenvalue weighted by Gasteiger charge is -2.08. The molecule has 1 amide bonds. The van der Waals surface area contributed by atoms with Gasteiger partial charge in [-0.3, -0.25) is 4.79 Å². The molecular weight excluding hydrogens is 259 g/mol. The van der Waals surface area contributed by atoms with Crippen molar-refractivity contribution in [3.05, 3.63) is 59.7 Å². The zero-order valence-electron chi connectivity index (χ0n) is 11.1. The van der Waals surface area contributed by atoms with Crippen molar-refractivity contribution in [1.29, 1.82) is 0 Å². The van der Waals surface area contributed by atoms with Crippen LogP contribution in [0.2, 0.25) is 0 Å². The molecule has 0 spiro atoms. The van der Waals surface area contributed by atoms with Crippen molar-refractivity contribution in [2.24, 2.45) is 5.73 Å². The van der Waals surface area contributed by atoms with Crippen molar-refractivity contribution in [3.63, 3.8) is 0 Å². The summed E-state index contributed by atoms with van der Waals surface area (Å²) in [5, 5.41) is 7.02. The Morgan fingerprint density at radius 3 is 2.85 bits per heavy atom. The number of hydrogen-bond acceptors (Lipinski definition) is 3. The van der Waals surface area contributed by atoms with E-state index >= 15 is 0 Å². The second-order valence-electron chi connectivity index (χ2n) is 4.28. The number of amides is 1. The molecule has 0 saturated carbocycles. The maximum Gasteiger partial charge on any atom is 0.269 e. The van der Waals surface area contributed by atoms with Crippen LogP contribution in [0.3, 0.4) is 0 Å². The second kappa shape index (κ2) is 5.56. The van der Waals surface area contributed by atoms with Crippen LogP contribution in [-0.4, -0.2) is 15.7 Å². The quantitative estimate of drug-likeness (QED) is 0.876. The molecule has 2 aromatic rings. The summed E-state index contributed by atoms with van der Waals surface area (Å²) in [6.45, 7) is 5.48. The lowest BCUT2D eigenvalue weighted by Crippen LogP contribution is -2.14. The smallest absolute Gasteiger partial charge is 0.269 e.